The molecule has 0 saturated heterocycles. The van der Waals surface area contributed by atoms with Crippen molar-refractivity contribution < 1.29 is 4.79 Å². The topological polar surface area (TPSA) is 46.3 Å². The normalized spacial score (nSPS) is 13.9. The van der Waals surface area contributed by atoms with Crippen molar-refractivity contribution >= 4 is 17.5 Å². The molecule has 3 nitrogen and oxygen atoms in total. The summed E-state index contributed by atoms with van der Waals surface area (Å²) in [5, 5.41) is 0.728. The Morgan fingerprint density at radius 2 is 1.95 bits per heavy atom. The number of hydrogen-bond acceptors (Lipinski definition) is 2. The first-order valence-electron chi connectivity index (χ1n) is 6.72. The van der Waals surface area contributed by atoms with E-state index in [0.29, 0.717) is 0 Å². The Morgan fingerprint density at radius 1 is 1.37 bits per heavy atom. The molecule has 2 N–H and O–H groups in total. The van der Waals surface area contributed by atoms with Gasteiger partial charge in [0.2, 0.25) is 5.91 Å². The number of rotatable bonds is 6. The third-order valence-electron chi connectivity index (χ3n) is 3.37. The Labute approximate surface area is 120 Å². The van der Waals surface area contributed by atoms with Crippen molar-refractivity contribution in [3.05, 3.63) is 34.9 Å². The fraction of sp³-hybridized carbons (Fsp3) is 0.533. The van der Waals surface area contributed by atoms with Crippen molar-refractivity contribution in [1.82, 2.24) is 4.90 Å². The van der Waals surface area contributed by atoms with Crippen molar-refractivity contribution in [3.8, 4) is 0 Å². The van der Waals surface area contributed by atoms with Gasteiger partial charge in [0.25, 0.3) is 0 Å². The van der Waals surface area contributed by atoms with Gasteiger partial charge in [-0.3, -0.25) is 4.79 Å². The average molecular weight is 283 g/mol. The first-order chi connectivity index (χ1) is 8.95. The van der Waals surface area contributed by atoms with Gasteiger partial charge in [-0.15, -0.1) is 0 Å². The lowest BCUT2D eigenvalue weighted by Crippen LogP contribution is -2.46. The smallest absolute Gasteiger partial charge is 0.239 e. The van der Waals surface area contributed by atoms with Crippen LogP contribution in [0.25, 0.3) is 0 Å². The summed E-state index contributed by atoms with van der Waals surface area (Å²) >= 11 is 5.86. The summed E-state index contributed by atoms with van der Waals surface area (Å²) in [7, 11) is 1.82. The van der Waals surface area contributed by atoms with Crippen molar-refractivity contribution in [3.63, 3.8) is 0 Å². The van der Waals surface area contributed by atoms with Crippen LogP contribution < -0.4 is 5.73 Å². The van der Waals surface area contributed by atoms with Crippen molar-refractivity contribution in [1.29, 1.82) is 0 Å². The molecule has 0 heterocycles. The molecule has 0 fully saturated rings. The summed E-state index contributed by atoms with van der Waals surface area (Å²) in [6.07, 6.45) is 2.46. The van der Waals surface area contributed by atoms with Gasteiger partial charge in [-0.05, 0) is 37.5 Å². The van der Waals surface area contributed by atoms with Gasteiger partial charge < -0.3 is 10.6 Å². The highest BCUT2D eigenvalue weighted by Gasteiger charge is 2.21. The molecule has 4 heteroatoms. The second-order valence-electron chi connectivity index (χ2n) is 5.02. The van der Waals surface area contributed by atoms with Crippen molar-refractivity contribution in [2.24, 2.45) is 5.73 Å². The number of nitrogens with two attached hydrogens (primary N) is 1. The van der Waals surface area contributed by atoms with Crippen LogP contribution in [0.15, 0.2) is 24.3 Å². The zero-order chi connectivity index (χ0) is 14.4. The molecular weight excluding hydrogens is 260 g/mol. The molecule has 0 spiro atoms. The van der Waals surface area contributed by atoms with Gasteiger partial charge in [0, 0.05) is 18.1 Å². The first kappa shape index (κ1) is 16.0. The van der Waals surface area contributed by atoms with E-state index in [-0.39, 0.29) is 18.0 Å². The fourth-order valence-electron chi connectivity index (χ4n) is 2.01. The monoisotopic (exact) mass is 282 g/mol. The van der Waals surface area contributed by atoms with E-state index < -0.39 is 0 Å². The van der Waals surface area contributed by atoms with Gasteiger partial charge in [0.1, 0.15) is 0 Å². The lowest BCUT2D eigenvalue weighted by atomic mass is 10.0. The maximum atomic E-state index is 12.1. The molecule has 1 rings (SSSR count). The van der Waals surface area contributed by atoms with Gasteiger partial charge in [-0.2, -0.15) is 0 Å². The lowest BCUT2D eigenvalue weighted by Gasteiger charge is -2.27. The number of nitrogens with zero attached hydrogens (tertiary/aromatic N) is 1. The van der Waals surface area contributed by atoms with E-state index in [9.17, 15) is 4.79 Å². The first-order valence-corrected chi connectivity index (χ1v) is 7.10. The number of likely N-dealkylation sites (N-methyl/N-ethyl adjacent to an activating group) is 1. The third-order valence-corrected chi connectivity index (χ3v) is 3.62. The predicted octanol–water partition coefficient (Wildman–Crippen LogP) is 2.86. The van der Waals surface area contributed by atoms with Crippen LogP contribution >= 0.6 is 11.6 Å². The molecule has 0 aliphatic heterocycles. The molecule has 0 saturated carbocycles. The molecule has 0 bridgehead atoms. The molecule has 1 aromatic rings. The van der Waals surface area contributed by atoms with E-state index in [4.69, 9.17) is 17.3 Å². The maximum absolute atomic E-state index is 12.1. The summed E-state index contributed by atoms with van der Waals surface area (Å²) < 4.78 is 0. The highest BCUT2D eigenvalue weighted by atomic mass is 35.5. The zero-order valence-electron chi connectivity index (χ0n) is 11.9. The quantitative estimate of drug-likeness (QED) is 0.872. The molecular formula is C15H23ClN2O. The summed E-state index contributed by atoms with van der Waals surface area (Å²) in [6.45, 7) is 4.06. The molecule has 19 heavy (non-hydrogen) atoms. The van der Waals surface area contributed by atoms with Crippen LogP contribution in [0.4, 0.5) is 0 Å². The van der Waals surface area contributed by atoms with Crippen LogP contribution in [0.1, 0.15) is 32.3 Å². The van der Waals surface area contributed by atoms with Crippen molar-refractivity contribution in [2.45, 2.75) is 45.2 Å². The summed E-state index contributed by atoms with van der Waals surface area (Å²) in [4.78, 5) is 13.8. The van der Waals surface area contributed by atoms with Gasteiger partial charge >= 0.3 is 0 Å². The van der Waals surface area contributed by atoms with Gasteiger partial charge in [0.15, 0.2) is 0 Å². The van der Waals surface area contributed by atoms with E-state index in [1.54, 1.807) is 4.90 Å². The standard InChI is InChI=1S/C15H23ClN2O/c1-4-5-14(17)15(19)18(3)11(2)10-12-6-8-13(16)9-7-12/h6-9,11,14H,4-5,10,17H2,1-3H3. The molecule has 1 aromatic carbocycles. The highest BCUT2D eigenvalue weighted by Crippen LogP contribution is 2.13. The Balaban J connectivity index is 2.59. The Bertz CT molecular complexity index is 405. The minimum absolute atomic E-state index is 0.0170. The van der Waals surface area contributed by atoms with E-state index >= 15 is 0 Å². The summed E-state index contributed by atoms with van der Waals surface area (Å²) in [5.41, 5.74) is 7.04. The number of halogens is 1. The maximum Gasteiger partial charge on any atom is 0.239 e. The summed E-state index contributed by atoms with van der Waals surface area (Å²) in [6, 6.07) is 7.45. The minimum Gasteiger partial charge on any atom is -0.341 e. The Hall–Kier alpha value is -1.06. The van der Waals surface area contributed by atoms with Gasteiger partial charge in [0.05, 0.1) is 6.04 Å². The molecule has 0 aliphatic rings. The second-order valence-corrected chi connectivity index (χ2v) is 5.46. The second kappa shape index (κ2) is 7.51. The van der Waals surface area contributed by atoms with Gasteiger partial charge in [-0.25, -0.2) is 0 Å². The minimum atomic E-state index is -0.386. The number of amides is 1. The average Bonchev–Trinajstić information content (AvgIpc) is 2.39. The van der Waals surface area contributed by atoms with E-state index in [1.807, 2.05) is 45.2 Å². The van der Waals surface area contributed by atoms with Crippen molar-refractivity contribution in [2.75, 3.05) is 7.05 Å². The van der Waals surface area contributed by atoms with Crippen LogP contribution in [0.2, 0.25) is 5.02 Å². The van der Waals surface area contributed by atoms with Crippen LogP contribution in [0.3, 0.4) is 0 Å². The summed E-state index contributed by atoms with van der Waals surface area (Å²) in [5.74, 6) is 0.0170. The molecule has 0 aliphatic carbocycles. The molecule has 106 valence electrons. The van der Waals surface area contributed by atoms with Crippen LogP contribution in [-0.2, 0) is 11.2 Å². The van der Waals surface area contributed by atoms with E-state index in [1.165, 1.54) is 5.56 Å². The van der Waals surface area contributed by atoms with Crippen LogP contribution in [0, 0.1) is 0 Å². The third kappa shape index (κ3) is 4.84. The van der Waals surface area contributed by atoms with Crippen LogP contribution in [-0.4, -0.2) is 29.9 Å². The molecule has 1 amide bonds. The van der Waals surface area contributed by atoms with Gasteiger partial charge in [-0.1, -0.05) is 37.1 Å². The van der Waals surface area contributed by atoms with E-state index in [0.717, 1.165) is 24.3 Å². The highest BCUT2D eigenvalue weighted by molar-refractivity contribution is 6.30. The molecule has 0 aromatic heterocycles. The Morgan fingerprint density at radius 3 is 2.47 bits per heavy atom. The number of carbonyl (C=O) groups excluding carboxylic acids is 1. The number of hydrogen-bond donors (Lipinski definition) is 1. The zero-order valence-corrected chi connectivity index (χ0v) is 12.7. The Kier molecular flexibility index (Phi) is 6.32. The lowest BCUT2D eigenvalue weighted by molar-refractivity contribution is -0.133. The van der Waals surface area contributed by atoms with E-state index in [2.05, 4.69) is 0 Å². The number of benzene rings is 1. The molecule has 0 radical (unpaired) electrons. The molecule has 2 unspecified atom stereocenters. The molecule has 2 atom stereocenters. The predicted molar refractivity (Wildman–Crippen MR) is 80.3 cm³/mol. The largest absolute Gasteiger partial charge is 0.341 e. The van der Waals surface area contributed by atoms with Crippen LogP contribution in [0.5, 0.6) is 0 Å². The SMILES string of the molecule is CCCC(N)C(=O)N(C)C(C)Cc1ccc(Cl)cc1. The number of carbonyl (C=O) groups is 1. The fourth-order valence-corrected chi connectivity index (χ4v) is 2.14.